The minimum atomic E-state index is -0.621. The van der Waals surface area contributed by atoms with Crippen LogP contribution in [0.2, 0.25) is 0 Å². The van der Waals surface area contributed by atoms with E-state index in [2.05, 4.69) is 5.32 Å². The number of likely N-dealkylation sites (tertiary alicyclic amines) is 1. The quantitative estimate of drug-likeness (QED) is 0.838. The van der Waals surface area contributed by atoms with Gasteiger partial charge in [0.15, 0.2) is 0 Å². The Balaban J connectivity index is 2.12. The minimum absolute atomic E-state index is 0.0852. The monoisotopic (exact) mass is 323 g/mol. The van der Waals surface area contributed by atoms with Gasteiger partial charge in [0.25, 0.3) is 5.91 Å². The van der Waals surface area contributed by atoms with Crippen molar-refractivity contribution in [2.45, 2.75) is 12.8 Å². The molecule has 0 aromatic heterocycles. The summed E-state index contributed by atoms with van der Waals surface area (Å²) in [6.45, 7) is 1.54. The molecule has 0 radical (unpaired) electrons. The van der Waals surface area contributed by atoms with Crippen LogP contribution in [0, 0.1) is 11.7 Å². The molecule has 0 bridgehead atoms. The molecule has 0 aliphatic carbocycles. The van der Waals surface area contributed by atoms with Crippen LogP contribution in [-0.4, -0.2) is 50.0 Å². The van der Waals surface area contributed by atoms with Crippen molar-refractivity contribution in [2.24, 2.45) is 11.7 Å². The van der Waals surface area contributed by atoms with Crippen molar-refractivity contribution in [2.75, 3.05) is 33.3 Å². The summed E-state index contributed by atoms with van der Waals surface area (Å²) in [5, 5.41) is 2.73. The molecular formula is C16H22FN3O3. The van der Waals surface area contributed by atoms with Crippen LogP contribution in [0.1, 0.15) is 23.2 Å². The van der Waals surface area contributed by atoms with Crippen LogP contribution in [-0.2, 0) is 4.79 Å². The molecule has 1 heterocycles. The van der Waals surface area contributed by atoms with E-state index in [0.717, 1.165) is 0 Å². The Labute approximate surface area is 134 Å². The molecule has 1 aliphatic rings. The van der Waals surface area contributed by atoms with Gasteiger partial charge < -0.3 is 20.7 Å². The number of benzene rings is 1. The maximum absolute atomic E-state index is 14.0. The average Bonchev–Trinajstić information content (AvgIpc) is 2.58. The zero-order valence-electron chi connectivity index (χ0n) is 13.2. The lowest BCUT2D eigenvalue weighted by Gasteiger charge is -2.32. The summed E-state index contributed by atoms with van der Waals surface area (Å²) in [5.41, 5.74) is 5.29. The van der Waals surface area contributed by atoms with E-state index >= 15 is 0 Å². The number of ether oxygens (including phenoxy) is 1. The third kappa shape index (κ3) is 3.98. The molecule has 1 atom stereocenters. The number of carbonyl (C=O) groups is 2. The molecule has 3 N–H and O–H groups in total. The first-order chi connectivity index (χ1) is 11.1. The molecule has 1 unspecified atom stereocenters. The van der Waals surface area contributed by atoms with Gasteiger partial charge in [-0.25, -0.2) is 4.39 Å². The number of amides is 2. The second-order valence-electron chi connectivity index (χ2n) is 5.49. The van der Waals surface area contributed by atoms with Crippen molar-refractivity contribution in [1.29, 1.82) is 0 Å². The molecule has 23 heavy (non-hydrogen) atoms. The van der Waals surface area contributed by atoms with Gasteiger partial charge in [-0.1, -0.05) is 6.07 Å². The van der Waals surface area contributed by atoms with E-state index in [1.807, 2.05) is 0 Å². The molecule has 1 saturated heterocycles. The summed E-state index contributed by atoms with van der Waals surface area (Å²) in [5.74, 6) is -1.28. The van der Waals surface area contributed by atoms with Crippen molar-refractivity contribution in [1.82, 2.24) is 10.2 Å². The second kappa shape index (κ2) is 7.92. The predicted octanol–water partition coefficient (Wildman–Crippen LogP) is 0.761. The van der Waals surface area contributed by atoms with Crippen molar-refractivity contribution < 1.29 is 18.7 Å². The number of methoxy groups -OCH3 is 1. The maximum atomic E-state index is 14.0. The third-order valence-corrected chi connectivity index (χ3v) is 3.93. The van der Waals surface area contributed by atoms with Gasteiger partial charge in [0.1, 0.15) is 17.1 Å². The highest BCUT2D eigenvalue weighted by Gasteiger charge is 2.31. The summed E-state index contributed by atoms with van der Waals surface area (Å²) in [4.78, 5) is 26.2. The van der Waals surface area contributed by atoms with Crippen molar-refractivity contribution in [3.8, 4) is 5.75 Å². The van der Waals surface area contributed by atoms with Crippen LogP contribution in [0.15, 0.2) is 18.2 Å². The first-order valence-corrected chi connectivity index (χ1v) is 7.68. The summed E-state index contributed by atoms with van der Waals surface area (Å²) in [6, 6.07) is 4.26. The van der Waals surface area contributed by atoms with Gasteiger partial charge in [-0.05, 0) is 25.0 Å². The highest BCUT2D eigenvalue weighted by Crippen LogP contribution is 2.25. The Morgan fingerprint density at radius 1 is 1.48 bits per heavy atom. The number of halogens is 1. The highest BCUT2D eigenvalue weighted by molar-refractivity contribution is 5.97. The normalized spacial score (nSPS) is 17.7. The van der Waals surface area contributed by atoms with Crippen LogP contribution in [0.4, 0.5) is 4.39 Å². The lowest BCUT2D eigenvalue weighted by molar-refractivity contribution is -0.126. The Hall–Kier alpha value is -2.15. The molecule has 0 saturated carbocycles. The number of nitrogens with one attached hydrogen (secondary N) is 1. The average molecular weight is 323 g/mol. The fourth-order valence-electron chi connectivity index (χ4n) is 2.76. The summed E-state index contributed by atoms with van der Waals surface area (Å²) in [6.07, 6.45) is 1.40. The standard InChI is InChI=1S/C16H22FN3O3/c1-23-13-6-2-5-12(17)14(13)16(22)20-9-3-4-11(10-20)15(21)19-8-7-18/h2,5-6,11H,3-4,7-10,18H2,1H3,(H,19,21). The Morgan fingerprint density at radius 3 is 2.96 bits per heavy atom. The first kappa shape index (κ1) is 17.2. The first-order valence-electron chi connectivity index (χ1n) is 7.68. The number of nitrogens with two attached hydrogens (primary N) is 1. The number of piperidine rings is 1. The van der Waals surface area contributed by atoms with E-state index in [-0.39, 0.29) is 29.7 Å². The molecule has 1 aliphatic heterocycles. The lowest BCUT2D eigenvalue weighted by atomic mass is 9.96. The Morgan fingerprint density at radius 2 is 2.26 bits per heavy atom. The van der Waals surface area contributed by atoms with Crippen LogP contribution in [0.5, 0.6) is 5.75 Å². The van der Waals surface area contributed by atoms with Crippen LogP contribution >= 0.6 is 0 Å². The van der Waals surface area contributed by atoms with Crippen LogP contribution < -0.4 is 15.8 Å². The summed E-state index contributed by atoms with van der Waals surface area (Å²) in [7, 11) is 1.39. The molecule has 0 spiro atoms. The Bertz CT molecular complexity index is 580. The van der Waals surface area contributed by atoms with Gasteiger partial charge in [0.2, 0.25) is 5.91 Å². The topological polar surface area (TPSA) is 84.7 Å². The molecular weight excluding hydrogens is 301 g/mol. The third-order valence-electron chi connectivity index (χ3n) is 3.93. The van der Waals surface area contributed by atoms with Gasteiger partial charge in [0.05, 0.1) is 13.0 Å². The van der Waals surface area contributed by atoms with Crippen LogP contribution in [0.25, 0.3) is 0 Å². The van der Waals surface area contributed by atoms with E-state index < -0.39 is 11.7 Å². The van der Waals surface area contributed by atoms with E-state index in [4.69, 9.17) is 10.5 Å². The number of hydrogen-bond donors (Lipinski definition) is 2. The molecule has 7 heteroatoms. The molecule has 126 valence electrons. The SMILES string of the molecule is COc1cccc(F)c1C(=O)N1CCCC(C(=O)NCCN)C1. The number of rotatable bonds is 5. The van der Waals surface area contributed by atoms with Gasteiger partial charge in [-0.15, -0.1) is 0 Å². The molecule has 1 aromatic carbocycles. The minimum Gasteiger partial charge on any atom is -0.496 e. The molecule has 6 nitrogen and oxygen atoms in total. The fourth-order valence-corrected chi connectivity index (χ4v) is 2.76. The van der Waals surface area contributed by atoms with E-state index in [9.17, 15) is 14.0 Å². The van der Waals surface area contributed by atoms with Crippen molar-refractivity contribution in [3.63, 3.8) is 0 Å². The number of carbonyl (C=O) groups excluding carboxylic acids is 2. The fraction of sp³-hybridized carbons (Fsp3) is 0.500. The summed E-state index contributed by atoms with van der Waals surface area (Å²) < 4.78 is 19.1. The second-order valence-corrected chi connectivity index (χ2v) is 5.49. The van der Waals surface area contributed by atoms with Crippen molar-refractivity contribution in [3.05, 3.63) is 29.6 Å². The maximum Gasteiger partial charge on any atom is 0.260 e. The Kier molecular flexibility index (Phi) is 5.92. The highest BCUT2D eigenvalue weighted by atomic mass is 19.1. The van der Waals surface area contributed by atoms with Crippen molar-refractivity contribution >= 4 is 11.8 Å². The zero-order valence-corrected chi connectivity index (χ0v) is 13.2. The van der Waals surface area contributed by atoms with Gasteiger partial charge in [-0.3, -0.25) is 9.59 Å². The van der Waals surface area contributed by atoms with Gasteiger partial charge in [-0.2, -0.15) is 0 Å². The molecule has 1 fully saturated rings. The van der Waals surface area contributed by atoms with Gasteiger partial charge >= 0.3 is 0 Å². The predicted molar refractivity (Wildman–Crippen MR) is 83.6 cm³/mol. The number of hydrogen-bond acceptors (Lipinski definition) is 4. The summed E-state index contributed by atoms with van der Waals surface area (Å²) >= 11 is 0. The van der Waals surface area contributed by atoms with Gasteiger partial charge in [0, 0.05) is 26.2 Å². The molecule has 1 aromatic rings. The lowest BCUT2D eigenvalue weighted by Crippen LogP contribution is -2.46. The smallest absolute Gasteiger partial charge is 0.260 e. The van der Waals surface area contributed by atoms with E-state index in [1.54, 1.807) is 6.07 Å². The molecule has 2 amide bonds. The largest absolute Gasteiger partial charge is 0.496 e. The van der Waals surface area contributed by atoms with E-state index in [0.29, 0.717) is 32.5 Å². The number of nitrogens with zero attached hydrogens (tertiary/aromatic N) is 1. The zero-order chi connectivity index (χ0) is 16.8. The molecule has 2 rings (SSSR count). The van der Waals surface area contributed by atoms with E-state index in [1.165, 1.54) is 24.1 Å². The van der Waals surface area contributed by atoms with Crippen LogP contribution in [0.3, 0.4) is 0 Å².